The number of carbonyl (C=O) groups excluding carboxylic acids is 2. The summed E-state index contributed by atoms with van der Waals surface area (Å²) in [6.45, 7) is 3.01. The summed E-state index contributed by atoms with van der Waals surface area (Å²) in [5.41, 5.74) is 1.27. The Labute approximate surface area is 182 Å². The number of rotatable bonds is 6. The normalized spacial score (nSPS) is 15.0. The van der Waals surface area contributed by atoms with Crippen molar-refractivity contribution in [2.24, 2.45) is 0 Å². The van der Waals surface area contributed by atoms with Crippen LogP contribution in [-0.2, 0) is 14.8 Å². The molecule has 2 aromatic rings. The average molecular weight is 446 g/mol. The third kappa shape index (κ3) is 6.05. The standard InChI is InChI=1S/C22H27N3O5S/c1-2-30-22(27)24-18-12-10-17(11-13-18)21(26)23-19-8-7-9-20(16-19)31(28,29)25-14-5-3-4-6-15-25/h7-13,16H,2-6,14-15H2,1H3,(H,23,26)(H,24,27). The fourth-order valence-corrected chi connectivity index (χ4v) is 4.92. The molecule has 3 rings (SSSR count). The van der Waals surface area contributed by atoms with Gasteiger partial charge in [-0.3, -0.25) is 10.1 Å². The highest BCUT2D eigenvalue weighted by Gasteiger charge is 2.25. The van der Waals surface area contributed by atoms with E-state index in [0.717, 1.165) is 25.7 Å². The van der Waals surface area contributed by atoms with Crippen LogP contribution in [0.5, 0.6) is 0 Å². The molecule has 0 aliphatic carbocycles. The Kier molecular flexibility index (Phi) is 7.64. The molecule has 31 heavy (non-hydrogen) atoms. The predicted octanol–water partition coefficient (Wildman–Crippen LogP) is 4.07. The molecular formula is C22H27N3O5S. The minimum Gasteiger partial charge on any atom is -0.450 e. The number of nitrogens with zero attached hydrogens (tertiary/aromatic N) is 1. The first-order valence-corrected chi connectivity index (χ1v) is 11.8. The molecule has 0 bridgehead atoms. The van der Waals surface area contributed by atoms with Gasteiger partial charge >= 0.3 is 6.09 Å². The van der Waals surface area contributed by atoms with Crippen LogP contribution in [0.3, 0.4) is 0 Å². The van der Waals surface area contributed by atoms with Crippen molar-refractivity contribution in [1.82, 2.24) is 4.31 Å². The van der Waals surface area contributed by atoms with Crippen LogP contribution in [0.15, 0.2) is 53.4 Å². The highest BCUT2D eigenvalue weighted by atomic mass is 32.2. The summed E-state index contributed by atoms with van der Waals surface area (Å²) >= 11 is 0. The van der Waals surface area contributed by atoms with Gasteiger partial charge in [0.25, 0.3) is 5.91 Å². The molecule has 9 heteroatoms. The molecule has 0 radical (unpaired) electrons. The van der Waals surface area contributed by atoms with Crippen molar-refractivity contribution in [3.05, 3.63) is 54.1 Å². The highest BCUT2D eigenvalue weighted by molar-refractivity contribution is 7.89. The molecule has 0 atom stereocenters. The number of ether oxygens (including phenoxy) is 1. The van der Waals surface area contributed by atoms with Gasteiger partial charge in [-0.05, 0) is 62.2 Å². The fourth-order valence-electron chi connectivity index (χ4n) is 3.36. The van der Waals surface area contributed by atoms with Gasteiger partial charge in [0.2, 0.25) is 10.0 Å². The largest absolute Gasteiger partial charge is 0.450 e. The molecule has 2 N–H and O–H groups in total. The van der Waals surface area contributed by atoms with Gasteiger partial charge in [-0.25, -0.2) is 13.2 Å². The lowest BCUT2D eigenvalue weighted by Gasteiger charge is -2.20. The quantitative estimate of drug-likeness (QED) is 0.697. The Morgan fingerprint density at radius 1 is 0.935 bits per heavy atom. The third-order valence-electron chi connectivity index (χ3n) is 4.96. The second kappa shape index (κ2) is 10.4. The van der Waals surface area contributed by atoms with Crippen molar-refractivity contribution in [2.45, 2.75) is 37.5 Å². The van der Waals surface area contributed by atoms with Crippen LogP contribution in [0.4, 0.5) is 16.2 Å². The second-order valence-corrected chi connectivity index (χ2v) is 9.16. The van der Waals surface area contributed by atoms with Crippen LogP contribution in [-0.4, -0.2) is 44.4 Å². The van der Waals surface area contributed by atoms with E-state index in [2.05, 4.69) is 10.6 Å². The zero-order valence-electron chi connectivity index (χ0n) is 17.5. The molecule has 0 aromatic heterocycles. The number of nitrogens with one attached hydrogen (secondary N) is 2. The maximum absolute atomic E-state index is 13.0. The first-order chi connectivity index (χ1) is 14.9. The minimum atomic E-state index is -3.60. The molecule has 8 nitrogen and oxygen atoms in total. The molecule has 166 valence electrons. The Balaban J connectivity index is 1.69. The molecule has 0 saturated carbocycles. The number of amides is 2. The van der Waals surface area contributed by atoms with Crippen LogP contribution in [0, 0.1) is 0 Å². The molecule has 0 spiro atoms. The zero-order chi connectivity index (χ0) is 22.3. The van der Waals surface area contributed by atoms with Gasteiger partial charge in [0.05, 0.1) is 11.5 Å². The maximum Gasteiger partial charge on any atom is 0.411 e. The fraction of sp³-hybridized carbons (Fsp3) is 0.364. The Bertz CT molecular complexity index is 1010. The van der Waals surface area contributed by atoms with E-state index in [0.29, 0.717) is 30.0 Å². The maximum atomic E-state index is 13.0. The average Bonchev–Trinajstić information content (AvgIpc) is 3.05. The van der Waals surface area contributed by atoms with E-state index in [-0.39, 0.29) is 17.4 Å². The summed E-state index contributed by atoms with van der Waals surface area (Å²) in [4.78, 5) is 24.2. The Morgan fingerprint density at radius 3 is 2.26 bits per heavy atom. The summed E-state index contributed by atoms with van der Waals surface area (Å²) in [6, 6.07) is 12.6. The van der Waals surface area contributed by atoms with Crippen LogP contribution in [0.1, 0.15) is 43.0 Å². The van der Waals surface area contributed by atoms with Crippen molar-refractivity contribution in [3.8, 4) is 0 Å². The smallest absolute Gasteiger partial charge is 0.411 e. The molecule has 2 amide bonds. The van der Waals surface area contributed by atoms with Crippen LogP contribution in [0.2, 0.25) is 0 Å². The van der Waals surface area contributed by atoms with Gasteiger partial charge in [-0.15, -0.1) is 0 Å². The van der Waals surface area contributed by atoms with E-state index >= 15 is 0 Å². The molecule has 1 aliphatic rings. The van der Waals surface area contributed by atoms with Gasteiger partial charge < -0.3 is 10.1 Å². The van der Waals surface area contributed by atoms with E-state index in [1.807, 2.05) is 0 Å². The second-order valence-electron chi connectivity index (χ2n) is 7.22. The van der Waals surface area contributed by atoms with E-state index < -0.39 is 16.1 Å². The summed E-state index contributed by atoms with van der Waals surface area (Å²) in [7, 11) is -3.60. The molecule has 1 aliphatic heterocycles. The SMILES string of the molecule is CCOC(=O)Nc1ccc(C(=O)Nc2cccc(S(=O)(=O)N3CCCCCC3)c2)cc1. The Morgan fingerprint density at radius 2 is 1.61 bits per heavy atom. The third-order valence-corrected chi connectivity index (χ3v) is 6.86. The molecule has 0 unspecified atom stereocenters. The number of sulfonamides is 1. The number of anilines is 2. The molecule has 1 saturated heterocycles. The minimum absolute atomic E-state index is 0.168. The van der Waals surface area contributed by atoms with Gasteiger partial charge in [-0.2, -0.15) is 4.31 Å². The molecule has 1 fully saturated rings. The summed E-state index contributed by atoms with van der Waals surface area (Å²) in [6.07, 6.45) is 3.22. The summed E-state index contributed by atoms with van der Waals surface area (Å²) in [5.74, 6) is -0.382. The lowest BCUT2D eigenvalue weighted by Crippen LogP contribution is -2.32. The van der Waals surface area contributed by atoms with E-state index in [1.165, 1.54) is 10.4 Å². The van der Waals surface area contributed by atoms with Crippen molar-refractivity contribution in [1.29, 1.82) is 0 Å². The number of hydrogen-bond acceptors (Lipinski definition) is 5. The molecule has 2 aromatic carbocycles. The van der Waals surface area contributed by atoms with Crippen molar-refractivity contribution < 1.29 is 22.7 Å². The van der Waals surface area contributed by atoms with Crippen molar-refractivity contribution >= 4 is 33.4 Å². The lowest BCUT2D eigenvalue weighted by molar-refractivity contribution is 0.102. The molecular weight excluding hydrogens is 418 g/mol. The number of carbonyl (C=O) groups is 2. The van der Waals surface area contributed by atoms with Crippen molar-refractivity contribution in [3.63, 3.8) is 0 Å². The number of benzene rings is 2. The van der Waals surface area contributed by atoms with Gasteiger partial charge in [0, 0.05) is 30.0 Å². The number of hydrogen-bond donors (Lipinski definition) is 2. The van der Waals surface area contributed by atoms with Gasteiger partial charge in [0.15, 0.2) is 0 Å². The topological polar surface area (TPSA) is 105 Å². The summed E-state index contributed by atoms with van der Waals surface area (Å²) in [5, 5.41) is 5.29. The zero-order valence-corrected chi connectivity index (χ0v) is 18.3. The van der Waals surface area contributed by atoms with E-state index in [9.17, 15) is 18.0 Å². The Hall–Kier alpha value is -2.91. The van der Waals surface area contributed by atoms with E-state index in [4.69, 9.17) is 4.74 Å². The van der Waals surface area contributed by atoms with Crippen molar-refractivity contribution in [2.75, 3.05) is 30.3 Å². The monoisotopic (exact) mass is 445 g/mol. The first-order valence-electron chi connectivity index (χ1n) is 10.4. The summed E-state index contributed by atoms with van der Waals surface area (Å²) < 4.78 is 32.3. The van der Waals surface area contributed by atoms with E-state index in [1.54, 1.807) is 49.4 Å². The van der Waals surface area contributed by atoms with Gasteiger partial charge in [-0.1, -0.05) is 18.9 Å². The van der Waals surface area contributed by atoms with Crippen LogP contribution >= 0.6 is 0 Å². The predicted molar refractivity (Wildman–Crippen MR) is 119 cm³/mol. The van der Waals surface area contributed by atoms with Gasteiger partial charge in [0.1, 0.15) is 0 Å². The first kappa shape index (κ1) is 22.8. The van der Waals surface area contributed by atoms with Crippen LogP contribution < -0.4 is 10.6 Å². The van der Waals surface area contributed by atoms with Crippen LogP contribution in [0.25, 0.3) is 0 Å². The molecule has 1 heterocycles. The lowest BCUT2D eigenvalue weighted by atomic mass is 10.2. The highest BCUT2D eigenvalue weighted by Crippen LogP contribution is 2.23.